The van der Waals surface area contributed by atoms with Gasteiger partial charge in [-0.1, -0.05) is 0 Å². The summed E-state index contributed by atoms with van der Waals surface area (Å²) in [5.41, 5.74) is 0. The van der Waals surface area contributed by atoms with E-state index in [1.165, 1.54) is 52.1 Å². The Labute approximate surface area is 133 Å². The predicted molar refractivity (Wildman–Crippen MR) is 85.8 cm³/mol. The van der Waals surface area contributed by atoms with Gasteiger partial charge < -0.3 is 4.42 Å². The van der Waals surface area contributed by atoms with Gasteiger partial charge in [0.2, 0.25) is 5.89 Å². The van der Waals surface area contributed by atoms with Crippen LogP contribution >= 0.6 is 0 Å². The summed E-state index contributed by atoms with van der Waals surface area (Å²) in [6.45, 7) is 12.7. The molecule has 3 aliphatic rings. The monoisotopic (exact) mass is 304 g/mol. The molecule has 0 atom stereocenters. The number of hydrogen-bond donors (Lipinski definition) is 0. The first-order valence-electron chi connectivity index (χ1n) is 8.84. The third kappa shape index (κ3) is 3.07. The maximum atomic E-state index is 5.86. The number of nitrogens with zero attached hydrogens (tertiary/aromatic N) is 4. The Balaban J connectivity index is 1.21. The highest BCUT2D eigenvalue weighted by atomic mass is 16.4. The minimum Gasteiger partial charge on any atom is -0.444 e. The van der Waals surface area contributed by atoms with Crippen LogP contribution in [0.4, 0.5) is 0 Å². The number of hydrogen-bond acceptors (Lipinski definition) is 5. The molecule has 4 rings (SSSR count). The second-order valence-corrected chi connectivity index (χ2v) is 7.44. The third-order valence-corrected chi connectivity index (χ3v) is 5.44. The van der Waals surface area contributed by atoms with Crippen molar-refractivity contribution in [3.63, 3.8) is 0 Å². The Morgan fingerprint density at radius 2 is 1.91 bits per heavy atom. The van der Waals surface area contributed by atoms with Crippen molar-refractivity contribution in [3.8, 4) is 0 Å². The predicted octanol–water partition coefficient (Wildman–Crippen LogP) is 1.76. The summed E-state index contributed by atoms with van der Waals surface area (Å²) in [7, 11) is 0. The van der Waals surface area contributed by atoms with Crippen LogP contribution in [-0.4, -0.2) is 71.0 Å². The van der Waals surface area contributed by atoms with E-state index in [9.17, 15) is 0 Å². The maximum Gasteiger partial charge on any atom is 0.208 e. The van der Waals surface area contributed by atoms with Crippen LogP contribution in [0.1, 0.15) is 44.3 Å². The molecule has 1 saturated carbocycles. The van der Waals surface area contributed by atoms with Crippen molar-refractivity contribution in [3.05, 3.63) is 17.8 Å². The topological polar surface area (TPSA) is 35.8 Å². The van der Waals surface area contributed by atoms with Crippen LogP contribution in [0.3, 0.4) is 0 Å². The molecule has 5 heteroatoms. The van der Waals surface area contributed by atoms with E-state index in [0.29, 0.717) is 12.0 Å². The van der Waals surface area contributed by atoms with Gasteiger partial charge in [0.05, 0.1) is 12.7 Å². The van der Waals surface area contributed by atoms with Gasteiger partial charge in [-0.15, -0.1) is 0 Å². The lowest BCUT2D eigenvalue weighted by Gasteiger charge is -2.48. The Morgan fingerprint density at radius 3 is 2.55 bits per heavy atom. The summed E-state index contributed by atoms with van der Waals surface area (Å²) in [6.07, 6.45) is 4.50. The van der Waals surface area contributed by atoms with E-state index in [1.54, 1.807) is 0 Å². The second kappa shape index (κ2) is 5.95. The van der Waals surface area contributed by atoms with Gasteiger partial charge in [-0.3, -0.25) is 14.7 Å². The zero-order valence-corrected chi connectivity index (χ0v) is 13.9. The van der Waals surface area contributed by atoms with Crippen molar-refractivity contribution in [2.45, 2.75) is 51.2 Å². The van der Waals surface area contributed by atoms with Gasteiger partial charge in [0.1, 0.15) is 5.76 Å². The summed E-state index contributed by atoms with van der Waals surface area (Å²) in [5.74, 6) is 2.68. The fourth-order valence-electron chi connectivity index (χ4n) is 3.67. The summed E-state index contributed by atoms with van der Waals surface area (Å²) < 4.78 is 5.86. The third-order valence-electron chi connectivity index (χ3n) is 5.44. The zero-order valence-electron chi connectivity index (χ0n) is 13.9. The highest BCUT2D eigenvalue weighted by Crippen LogP contribution is 2.40. The second-order valence-electron chi connectivity index (χ2n) is 7.44. The molecule has 2 aliphatic heterocycles. The first-order chi connectivity index (χ1) is 10.7. The number of piperazine rings is 1. The normalized spacial score (nSPS) is 25.8. The molecule has 5 nitrogen and oxygen atoms in total. The molecule has 3 heterocycles. The number of likely N-dealkylation sites (tertiary alicyclic amines) is 1. The summed E-state index contributed by atoms with van der Waals surface area (Å²) in [4.78, 5) is 12.1. The van der Waals surface area contributed by atoms with Gasteiger partial charge in [0.15, 0.2) is 0 Å². The molecule has 2 saturated heterocycles. The minimum absolute atomic E-state index is 0.669. The van der Waals surface area contributed by atoms with Crippen LogP contribution in [0.5, 0.6) is 0 Å². The largest absolute Gasteiger partial charge is 0.444 e. The van der Waals surface area contributed by atoms with E-state index in [1.807, 2.05) is 6.20 Å². The van der Waals surface area contributed by atoms with E-state index < -0.39 is 0 Å². The van der Waals surface area contributed by atoms with Gasteiger partial charge in [-0.2, -0.15) is 0 Å². The van der Waals surface area contributed by atoms with E-state index in [0.717, 1.165) is 24.2 Å². The fourth-order valence-corrected chi connectivity index (χ4v) is 3.67. The van der Waals surface area contributed by atoms with Crippen molar-refractivity contribution in [2.75, 3.05) is 39.3 Å². The Kier molecular flexibility index (Phi) is 3.96. The lowest BCUT2D eigenvalue weighted by atomic mass is 10.1. The molecule has 0 radical (unpaired) electrons. The molecule has 122 valence electrons. The van der Waals surface area contributed by atoms with E-state index in [4.69, 9.17) is 4.42 Å². The van der Waals surface area contributed by atoms with E-state index >= 15 is 0 Å². The molecule has 1 aromatic heterocycles. The molecule has 0 N–H and O–H groups in total. The van der Waals surface area contributed by atoms with Crippen molar-refractivity contribution in [1.82, 2.24) is 19.7 Å². The molecule has 22 heavy (non-hydrogen) atoms. The molecule has 0 spiro atoms. The van der Waals surface area contributed by atoms with Crippen molar-refractivity contribution < 1.29 is 4.42 Å². The number of aromatic nitrogens is 1. The standard InChI is InChI=1S/C17H28N4O/c1-13(2)20-5-7-21(8-6-20)15-10-19(11-15)12-17-18-9-16(22-17)14-3-4-14/h9,13-15H,3-8,10-12H2,1-2H3. The van der Waals surface area contributed by atoms with Crippen molar-refractivity contribution in [2.24, 2.45) is 0 Å². The molecule has 0 amide bonds. The van der Waals surface area contributed by atoms with Crippen LogP contribution in [-0.2, 0) is 6.54 Å². The Morgan fingerprint density at radius 1 is 1.18 bits per heavy atom. The average molecular weight is 304 g/mol. The average Bonchev–Trinajstić information content (AvgIpc) is 3.22. The van der Waals surface area contributed by atoms with Crippen molar-refractivity contribution in [1.29, 1.82) is 0 Å². The van der Waals surface area contributed by atoms with Gasteiger partial charge in [0.25, 0.3) is 0 Å². The quantitative estimate of drug-likeness (QED) is 0.828. The van der Waals surface area contributed by atoms with Gasteiger partial charge >= 0.3 is 0 Å². The molecule has 1 aromatic rings. The zero-order chi connectivity index (χ0) is 15.1. The lowest BCUT2D eigenvalue weighted by molar-refractivity contribution is -0.00738. The number of oxazole rings is 1. The summed E-state index contributed by atoms with van der Waals surface area (Å²) >= 11 is 0. The maximum absolute atomic E-state index is 5.86. The van der Waals surface area contributed by atoms with Gasteiger partial charge in [-0.25, -0.2) is 4.98 Å². The Bertz CT molecular complexity index is 497. The molecular weight excluding hydrogens is 276 g/mol. The highest BCUT2D eigenvalue weighted by molar-refractivity contribution is 5.08. The highest BCUT2D eigenvalue weighted by Gasteiger charge is 2.34. The van der Waals surface area contributed by atoms with Crippen LogP contribution in [0, 0.1) is 0 Å². The van der Waals surface area contributed by atoms with Gasteiger partial charge in [-0.05, 0) is 26.7 Å². The first kappa shape index (κ1) is 14.7. The van der Waals surface area contributed by atoms with Crippen LogP contribution in [0.25, 0.3) is 0 Å². The van der Waals surface area contributed by atoms with Crippen LogP contribution in [0.15, 0.2) is 10.6 Å². The lowest BCUT2D eigenvalue weighted by Crippen LogP contribution is -2.63. The summed E-state index contributed by atoms with van der Waals surface area (Å²) in [5, 5.41) is 0. The first-order valence-corrected chi connectivity index (χ1v) is 8.84. The molecule has 0 unspecified atom stereocenters. The fraction of sp³-hybridized carbons (Fsp3) is 0.824. The molecular formula is C17H28N4O. The van der Waals surface area contributed by atoms with Crippen LogP contribution < -0.4 is 0 Å². The van der Waals surface area contributed by atoms with Crippen molar-refractivity contribution >= 4 is 0 Å². The molecule has 3 fully saturated rings. The SMILES string of the molecule is CC(C)N1CCN(C2CN(Cc3ncc(C4CC4)o3)C2)CC1. The van der Waals surface area contributed by atoms with E-state index in [-0.39, 0.29) is 0 Å². The smallest absolute Gasteiger partial charge is 0.208 e. The van der Waals surface area contributed by atoms with E-state index in [2.05, 4.69) is 33.5 Å². The van der Waals surface area contributed by atoms with Crippen LogP contribution in [0.2, 0.25) is 0 Å². The molecule has 1 aliphatic carbocycles. The minimum atomic E-state index is 0.669. The summed E-state index contributed by atoms with van der Waals surface area (Å²) in [6, 6.07) is 1.43. The molecule has 0 bridgehead atoms. The number of rotatable bonds is 5. The molecule has 0 aromatic carbocycles. The Hall–Kier alpha value is -0.910. The van der Waals surface area contributed by atoms with Gasteiger partial charge in [0, 0.05) is 57.3 Å².